The Bertz CT molecular complexity index is 692. The number of rotatable bonds is 3. The summed E-state index contributed by atoms with van der Waals surface area (Å²) in [5.74, 6) is -0.328. The van der Waals surface area contributed by atoms with Crippen molar-refractivity contribution in [2.24, 2.45) is 7.05 Å². The van der Waals surface area contributed by atoms with Gasteiger partial charge in [-0.15, -0.1) is 0 Å². The zero-order valence-electron chi connectivity index (χ0n) is 12.1. The molecule has 0 aliphatic heterocycles. The molecule has 2 aromatic rings. The van der Waals surface area contributed by atoms with Gasteiger partial charge in [0.1, 0.15) is 5.69 Å². The highest BCUT2D eigenvalue weighted by Crippen LogP contribution is 2.17. The molecule has 0 unspecified atom stereocenters. The van der Waals surface area contributed by atoms with Crippen LogP contribution in [0.2, 0.25) is 0 Å². The molecular weight excluding hydrogens is 334 g/mol. The van der Waals surface area contributed by atoms with Crippen LogP contribution >= 0.6 is 15.9 Å². The average molecular weight is 350 g/mol. The number of hydrogen-bond donors (Lipinski definition) is 1. The number of halogens is 1. The standard InChI is InChI=1S/C15H16BrN3O2/c1-18(2)15(21)10-5-4-6-12(7-10)17-14(20)13-8-11(16)9-19(13)3/h4-9H,1-3H3,(H,17,20). The monoisotopic (exact) mass is 349 g/mol. The predicted octanol–water partition coefficient (Wildman–Crippen LogP) is 2.74. The minimum atomic E-state index is -0.224. The number of benzene rings is 1. The Morgan fingerprint density at radius 2 is 1.95 bits per heavy atom. The number of nitrogens with one attached hydrogen (secondary N) is 1. The first-order chi connectivity index (χ1) is 9.88. The van der Waals surface area contributed by atoms with Crippen molar-refractivity contribution in [3.63, 3.8) is 0 Å². The molecular formula is C15H16BrN3O2. The summed E-state index contributed by atoms with van der Waals surface area (Å²) in [6, 6.07) is 8.62. The molecule has 6 heteroatoms. The fraction of sp³-hybridized carbons (Fsp3) is 0.200. The topological polar surface area (TPSA) is 54.3 Å². The first-order valence-corrected chi connectivity index (χ1v) is 7.12. The largest absolute Gasteiger partial charge is 0.345 e. The molecule has 0 radical (unpaired) electrons. The van der Waals surface area contributed by atoms with Crippen LogP contribution in [0.15, 0.2) is 41.0 Å². The third-order valence-electron chi connectivity index (χ3n) is 2.98. The molecule has 0 aliphatic carbocycles. The Hall–Kier alpha value is -2.08. The van der Waals surface area contributed by atoms with Crippen molar-refractivity contribution < 1.29 is 9.59 Å². The van der Waals surface area contributed by atoms with Crippen LogP contribution in [-0.4, -0.2) is 35.4 Å². The van der Waals surface area contributed by atoms with Gasteiger partial charge in [-0.3, -0.25) is 9.59 Å². The lowest BCUT2D eigenvalue weighted by atomic mass is 10.2. The third-order valence-corrected chi connectivity index (χ3v) is 3.41. The maximum Gasteiger partial charge on any atom is 0.272 e. The maximum atomic E-state index is 12.2. The Labute approximate surface area is 131 Å². The molecule has 0 aliphatic rings. The summed E-state index contributed by atoms with van der Waals surface area (Å²) in [6.07, 6.45) is 1.81. The minimum Gasteiger partial charge on any atom is -0.345 e. The second-order valence-electron chi connectivity index (χ2n) is 4.89. The van der Waals surface area contributed by atoms with Crippen LogP contribution in [0, 0.1) is 0 Å². The van der Waals surface area contributed by atoms with Crippen molar-refractivity contribution in [2.45, 2.75) is 0 Å². The third kappa shape index (κ3) is 3.52. The number of amides is 2. The summed E-state index contributed by atoms with van der Waals surface area (Å²) < 4.78 is 2.57. The van der Waals surface area contributed by atoms with Crippen molar-refractivity contribution in [3.05, 3.63) is 52.3 Å². The van der Waals surface area contributed by atoms with E-state index in [9.17, 15) is 9.59 Å². The molecule has 0 spiro atoms. The van der Waals surface area contributed by atoms with Gasteiger partial charge in [0.2, 0.25) is 0 Å². The summed E-state index contributed by atoms with van der Waals surface area (Å²) in [6.45, 7) is 0. The van der Waals surface area contributed by atoms with Crippen LogP contribution in [0.3, 0.4) is 0 Å². The van der Waals surface area contributed by atoms with Gasteiger partial charge in [0.05, 0.1) is 0 Å². The Morgan fingerprint density at radius 3 is 2.52 bits per heavy atom. The number of carbonyl (C=O) groups is 2. The van der Waals surface area contributed by atoms with Gasteiger partial charge in [0.25, 0.3) is 11.8 Å². The maximum absolute atomic E-state index is 12.2. The van der Waals surface area contributed by atoms with E-state index in [0.717, 1.165) is 4.47 Å². The molecule has 110 valence electrons. The van der Waals surface area contributed by atoms with Crippen molar-refractivity contribution in [2.75, 3.05) is 19.4 Å². The molecule has 2 rings (SSSR count). The van der Waals surface area contributed by atoms with Gasteiger partial charge < -0.3 is 14.8 Å². The van der Waals surface area contributed by atoms with E-state index in [1.54, 1.807) is 62.2 Å². The van der Waals surface area contributed by atoms with E-state index in [4.69, 9.17) is 0 Å². The summed E-state index contributed by atoms with van der Waals surface area (Å²) in [5, 5.41) is 2.80. The van der Waals surface area contributed by atoms with E-state index in [-0.39, 0.29) is 11.8 Å². The number of aryl methyl sites for hydroxylation is 1. The molecule has 1 aromatic heterocycles. The van der Waals surface area contributed by atoms with E-state index >= 15 is 0 Å². The van der Waals surface area contributed by atoms with Crippen LogP contribution in [0.4, 0.5) is 5.69 Å². The lowest BCUT2D eigenvalue weighted by Crippen LogP contribution is -2.22. The lowest BCUT2D eigenvalue weighted by Gasteiger charge is -2.11. The molecule has 0 atom stereocenters. The molecule has 0 saturated carbocycles. The van der Waals surface area contributed by atoms with Gasteiger partial charge >= 0.3 is 0 Å². The summed E-state index contributed by atoms with van der Waals surface area (Å²) in [4.78, 5) is 25.6. The van der Waals surface area contributed by atoms with Crippen LogP contribution in [0.25, 0.3) is 0 Å². The summed E-state index contributed by atoms with van der Waals surface area (Å²) in [7, 11) is 5.18. The fourth-order valence-electron chi connectivity index (χ4n) is 1.93. The molecule has 1 N–H and O–H groups in total. The van der Waals surface area contributed by atoms with Crippen molar-refractivity contribution in [1.29, 1.82) is 0 Å². The first-order valence-electron chi connectivity index (χ1n) is 6.33. The van der Waals surface area contributed by atoms with E-state index in [1.807, 2.05) is 0 Å². The molecule has 0 bridgehead atoms. The van der Waals surface area contributed by atoms with Crippen LogP contribution in [-0.2, 0) is 7.05 Å². The van der Waals surface area contributed by atoms with Gasteiger partial charge in [-0.1, -0.05) is 6.07 Å². The molecule has 0 saturated heterocycles. The molecule has 1 heterocycles. The van der Waals surface area contributed by atoms with Crippen molar-refractivity contribution in [3.8, 4) is 0 Å². The summed E-state index contributed by atoms with van der Waals surface area (Å²) >= 11 is 3.33. The highest BCUT2D eigenvalue weighted by molar-refractivity contribution is 9.10. The van der Waals surface area contributed by atoms with Crippen LogP contribution < -0.4 is 5.32 Å². The Kier molecular flexibility index (Phi) is 4.47. The fourth-order valence-corrected chi connectivity index (χ4v) is 2.46. The highest BCUT2D eigenvalue weighted by Gasteiger charge is 2.13. The van der Waals surface area contributed by atoms with Crippen molar-refractivity contribution in [1.82, 2.24) is 9.47 Å². The summed E-state index contributed by atoms with van der Waals surface area (Å²) in [5.41, 5.74) is 1.65. The molecule has 1 aromatic carbocycles. The van der Waals surface area contributed by atoms with E-state index < -0.39 is 0 Å². The number of carbonyl (C=O) groups excluding carboxylic acids is 2. The van der Waals surface area contributed by atoms with Crippen molar-refractivity contribution >= 4 is 33.4 Å². The normalized spacial score (nSPS) is 10.3. The number of hydrogen-bond acceptors (Lipinski definition) is 2. The highest BCUT2D eigenvalue weighted by atomic mass is 79.9. The van der Waals surface area contributed by atoms with Crippen LogP contribution in [0.5, 0.6) is 0 Å². The lowest BCUT2D eigenvalue weighted by molar-refractivity contribution is 0.0827. The van der Waals surface area contributed by atoms with Gasteiger partial charge in [-0.05, 0) is 40.2 Å². The van der Waals surface area contributed by atoms with Gasteiger partial charge in [-0.25, -0.2) is 0 Å². The number of aromatic nitrogens is 1. The second kappa shape index (κ2) is 6.13. The average Bonchev–Trinajstić information content (AvgIpc) is 2.77. The molecule has 5 nitrogen and oxygen atoms in total. The molecule has 2 amide bonds. The smallest absolute Gasteiger partial charge is 0.272 e. The number of nitrogens with zero attached hydrogens (tertiary/aromatic N) is 2. The Balaban J connectivity index is 2.20. The van der Waals surface area contributed by atoms with Gasteiger partial charge in [0, 0.05) is 43.1 Å². The van der Waals surface area contributed by atoms with Crippen LogP contribution in [0.1, 0.15) is 20.8 Å². The number of anilines is 1. The first kappa shape index (κ1) is 15.3. The quantitative estimate of drug-likeness (QED) is 0.926. The SMILES string of the molecule is CN(C)C(=O)c1cccc(NC(=O)c2cc(Br)cn2C)c1. The molecule has 0 fully saturated rings. The predicted molar refractivity (Wildman–Crippen MR) is 85.5 cm³/mol. The zero-order chi connectivity index (χ0) is 15.6. The zero-order valence-corrected chi connectivity index (χ0v) is 13.6. The molecule has 21 heavy (non-hydrogen) atoms. The van der Waals surface area contributed by atoms with E-state index in [1.165, 1.54) is 4.90 Å². The van der Waals surface area contributed by atoms with E-state index in [0.29, 0.717) is 16.9 Å². The second-order valence-corrected chi connectivity index (χ2v) is 5.80. The van der Waals surface area contributed by atoms with Gasteiger partial charge in [0.15, 0.2) is 0 Å². The Morgan fingerprint density at radius 1 is 1.24 bits per heavy atom. The van der Waals surface area contributed by atoms with E-state index in [2.05, 4.69) is 21.2 Å². The van der Waals surface area contributed by atoms with Gasteiger partial charge in [-0.2, -0.15) is 0 Å². The minimum absolute atomic E-state index is 0.104.